The van der Waals surface area contributed by atoms with Gasteiger partial charge in [-0.05, 0) is 33.1 Å². The quantitative estimate of drug-likeness (QED) is 0.747. The number of ether oxygens (including phenoxy) is 2. The molecule has 1 heterocycles. The molecule has 7 heteroatoms. The van der Waals surface area contributed by atoms with Gasteiger partial charge in [-0.1, -0.05) is 13.8 Å². The monoisotopic (exact) mass is 314 g/mol. The largest absolute Gasteiger partial charge is 0.464 e. The van der Waals surface area contributed by atoms with Gasteiger partial charge in [-0.25, -0.2) is 9.59 Å². The topological polar surface area (TPSA) is 93.7 Å². The Kier molecular flexibility index (Phi) is 6.20. The highest BCUT2D eigenvalue weighted by Gasteiger charge is 2.32. The summed E-state index contributed by atoms with van der Waals surface area (Å²) in [5.74, 6) is -0.640. The predicted molar refractivity (Wildman–Crippen MR) is 80.1 cm³/mol. The van der Waals surface area contributed by atoms with Crippen LogP contribution in [0.1, 0.15) is 47.5 Å². The molecule has 1 aliphatic rings. The van der Waals surface area contributed by atoms with E-state index in [-0.39, 0.29) is 5.92 Å². The van der Waals surface area contributed by atoms with Crippen LogP contribution in [0, 0.1) is 5.92 Å². The Hall–Kier alpha value is -1.79. The van der Waals surface area contributed by atoms with Crippen molar-refractivity contribution in [3.63, 3.8) is 0 Å². The van der Waals surface area contributed by atoms with E-state index in [9.17, 15) is 14.4 Å². The number of rotatable bonds is 5. The Bertz CT molecular complexity index is 428. The van der Waals surface area contributed by atoms with Gasteiger partial charge in [0.05, 0.1) is 6.61 Å². The molecule has 0 aromatic heterocycles. The third kappa shape index (κ3) is 6.32. The first-order chi connectivity index (χ1) is 10.1. The van der Waals surface area contributed by atoms with Crippen molar-refractivity contribution in [1.82, 2.24) is 10.6 Å². The van der Waals surface area contributed by atoms with E-state index in [1.54, 1.807) is 20.8 Å². The van der Waals surface area contributed by atoms with Crippen LogP contribution in [0.15, 0.2) is 0 Å². The summed E-state index contributed by atoms with van der Waals surface area (Å²) in [7, 11) is 0. The van der Waals surface area contributed by atoms with Crippen molar-refractivity contribution >= 4 is 18.0 Å². The molecule has 7 nitrogen and oxygen atoms in total. The molecule has 0 aromatic carbocycles. The number of carbonyl (C=O) groups is 3. The van der Waals surface area contributed by atoms with Gasteiger partial charge in [-0.2, -0.15) is 0 Å². The Balaban J connectivity index is 2.64. The van der Waals surface area contributed by atoms with Crippen LogP contribution in [-0.4, -0.2) is 42.3 Å². The van der Waals surface area contributed by atoms with Crippen LogP contribution in [0.5, 0.6) is 0 Å². The standard InChI is InChI=1S/C15H26N2O5/c1-9(2)8-11(17-14(20)22-15(3,4)5)12(18)16-10-6-7-21-13(10)19/h9-11H,6-8H2,1-5H3,(H,16,18)(H,17,20)/t10-,11?/m1/s1. The lowest BCUT2D eigenvalue weighted by molar-refractivity contribution is -0.141. The number of hydrogen-bond acceptors (Lipinski definition) is 5. The predicted octanol–water partition coefficient (Wildman–Crippen LogP) is 1.36. The zero-order valence-electron chi connectivity index (χ0n) is 13.9. The van der Waals surface area contributed by atoms with Gasteiger partial charge in [0.25, 0.3) is 0 Å². The first kappa shape index (κ1) is 18.3. The lowest BCUT2D eigenvalue weighted by atomic mass is 10.0. The van der Waals surface area contributed by atoms with Gasteiger partial charge in [0.1, 0.15) is 17.7 Å². The van der Waals surface area contributed by atoms with Crippen molar-refractivity contribution < 1.29 is 23.9 Å². The van der Waals surface area contributed by atoms with Crippen molar-refractivity contribution in [3.05, 3.63) is 0 Å². The van der Waals surface area contributed by atoms with E-state index in [0.29, 0.717) is 19.4 Å². The molecule has 1 unspecified atom stereocenters. The molecule has 2 amide bonds. The minimum Gasteiger partial charge on any atom is -0.464 e. The fourth-order valence-corrected chi connectivity index (χ4v) is 2.05. The number of carbonyl (C=O) groups excluding carboxylic acids is 3. The molecule has 1 fully saturated rings. The summed E-state index contributed by atoms with van der Waals surface area (Å²) in [5, 5.41) is 5.19. The van der Waals surface area contributed by atoms with Gasteiger partial charge in [0.2, 0.25) is 5.91 Å². The normalized spacial score (nSPS) is 19.5. The summed E-state index contributed by atoms with van der Waals surface area (Å²) in [4.78, 5) is 35.6. The SMILES string of the molecule is CC(C)CC(NC(=O)OC(C)(C)C)C(=O)N[C@@H]1CCOC1=O. The van der Waals surface area contributed by atoms with Gasteiger partial charge in [-0.15, -0.1) is 0 Å². The van der Waals surface area contributed by atoms with E-state index in [1.165, 1.54) is 0 Å². The molecular weight excluding hydrogens is 288 g/mol. The number of cyclic esters (lactones) is 1. The summed E-state index contributed by atoms with van der Waals surface area (Å²) in [6.45, 7) is 9.44. The van der Waals surface area contributed by atoms with Crippen LogP contribution in [0.3, 0.4) is 0 Å². The molecular formula is C15H26N2O5. The average Bonchev–Trinajstić information content (AvgIpc) is 2.71. The molecule has 0 saturated carbocycles. The van der Waals surface area contributed by atoms with Gasteiger partial charge in [0, 0.05) is 6.42 Å². The maximum atomic E-state index is 12.3. The number of esters is 1. The van der Waals surface area contributed by atoms with Crippen molar-refractivity contribution in [2.75, 3.05) is 6.61 Å². The molecule has 1 saturated heterocycles. The Labute approximate surface area is 131 Å². The van der Waals surface area contributed by atoms with Crippen LogP contribution < -0.4 is 10.6 Å². The van der Waals surface area contributed by atoms with Crippen LogP contribution in [-0.2, 0) is 19.1 Å². The molecule has 2 N–H and O–H groups in total. The molecule has 0 bridgehead atoms. The minimum atomic E-state index is -0.747. The number of nitrogens with one attached hydrogen (secondary N) is 2. The van der Waals surface area contributed by atoms with Gasteiger partial charge >= 0.3 is 12.1 Å². The van der Waals surface area contributed by atoms with Crippen LogP contribution in [0.4, 0.5) is 4.79 Å². The van der Waals surface area contributed by atoms with Crippen molar-refractivity contribution in [2.45, 2.75) is 65.1 Å². The van der Waals surface area contributed by atoms with E-state index in [4.69, 9.17) is 9.47 Å². The number of alkyl carbamates (subject to hydrolysis) is 1. The molecule has 1 aliphatic heterocycles. The molecule has 1 rings (SSSR count). The molecule has 2 atom stereocenters. The number of hydrogen-bond donors (Lipinski definition) is 2. The second-order valence-electron chi connectivity index (χ2n) is 6.85. The highest BCUT2D eigenvalue weighted by atomic mass is 16.6. The average molecular weight is 314 g/mol. The van der Waals surface area contributed by atoms with Crippen LogP contribution >= 0.6 is 0 Å². The molecule has 0 radical (unpaired) electrons. The second kappa shape index (κ2) is 7.47. The first-order valence-electron chi connectivity index (χ1n) is 7.55. The molecule has 0 spiro atoms. The van der Waals surface area contributed by atoms with E-state index in [2.05, 4.69) is 10.6 Å². The van der Waals surface area contributed by atoms with E-state index < -0.39 is 35.7 Å². The first-order valence-corrected chi connectivity index (χ1v) is 7.55. The van der Waals surface area contributed by atoms with Crippen LogP contribution in [0.2, 0.25) is 0 Å². The lowest BCUT2D eigenvalue weighted by Gasteiger charge is -2.24. The zero-order chi connectivity index (χ0) is 16.9. The summed E-state index contributed by atoms with van der Waals surface area (Å²) in [5.41, 5.74) is -0.641. The van der Waals surface area contributed by atoms with Crippen molar-refractivity contribution in [1.29, 1.82) is 0 Å². The van der Waals surface area contributed by atoms with E-state index >= 15 is 0 Å². The van der Waals surface area contributed by atoms with Crippen molar-refractivity contribution in [3.8, 4) is 0 Å². The maximum Gasteiger partial charge on any atom is 0.408 e. The molecule has 22 heavy (non-hydrogen) atoms. The summed E-state index contributed by atoms with van der Waals surface area (Å²) in [6, 6.07) is -1.38. The van der Waals surface area contributed by atoms with E-state index in [1.807, 2.05) is 13.8 Å². The maximum absolute atomic E-state index is 12.3. The molecule has 0 aliphatic carbocycles. The smallest absolute Gasteiger partial charge is 0.408 e. The van der Waals surface area contributed by atoms with Gasteiger partial charge in [0.15, 0.2) is 0 Å². The summed E-state index contributed by atoms with van der Waals surface area (Å²) >= 11 is 0. The van der Waals surface area contributed by atoms with Gasteiger partial charge in [-0.3, -0.25) is 4.79 Å². The van der Waals surface area contributed by atoms with Gasteiger partial charge < -0.3 is 20.1 Å². The van der Waals surface area contributed by atoms with Crippen LogP contribution in [0.25, 0.3) is 0 Å². The Morgan fingerprint density at radius 1 is 1.36 bits per heavy atom. The molecule has 0 aromatic rings. The third-order valence-corrected chi connectivity index (χ3v) is 2.97. The second-order valence-corrected chi connectivity index (χ2v) is 6.85. The lowest BCUT2D eigenvalue weighted by Crippen LogP contribution is -2.52. The zero-order valence-corrected chi connectivity index (χ0v) is 13.9. The Morgan fingerprint density at radius 3 is 2.45 bits per heavy atom. The van der Waals surface area contributed by atoms with E-state index in [0.717, 1.165) is 0 Å². The highest BCUT2D eigenvalue weighted by molar-refractivity contribution is 5.90. The minimum absolute atomic E-state index is 0.196. The summed E-state index contributed by atoms with van der Waals surface area (Å²) in [6.07, 6.45) is 0.250. The number of amides is 2. The van der Waals surface area contributed by atoms with Crippen molar-refractivity contribution in [2.24, 2.45) is 5.92 Å². The Morgan fingerprint density at radius 2 is 2.00 bits per heavy atom. The fraction of sp³-hybridized carbons (Fsp3) is 0.800. The highest BCUT2D eigenvalue weighted by Crippen LogP contribution is 2.11. The third-order valence-electron chi connectivity index (χ3n) is 2.97. The molecule has 126 valence electrons. The summed E-state index contributed by atoms with van der Waals surface area (Å²) < 4.78 is 9.98. The fourth-order valence-electron chi connectivity index (χ4n) is 2.05.